The summed E-state index contributed by atoms with van der Waals surface area (Å²) in [6.45, 7) is 2.08. The number of hydrogen-bond acceptors (Lipinski definition) is 2. The first-order chi connectivity index (χ1) is 12.0. The molecule has 0 aromatic heterocycles. The maximum absolute atomic E-state index is 13.4. The molecule has 3 amide bonds. The number of benzene rings is 1. The minimum atomic E-state index is -0.567. The predicted octanol–water partition coefficient (Wildman–Crippen LogP) is 3.74. The highest BCUT2D eigenvalue weighted by Gasteiger charge is 2.29. The van der Waals surface area contributed by atoms with Crippen LogP contribution in [0.25, 0.3) is 0 Å². The normalized spacial score (nSPS) is 19.0. The van der Waals surface area contributed by atoms with Crippen molar-refractivity contribution in [2.75, 3.05) is 31.5 Å². The molecule has 3 rings (SSSR count). The number of nitrogens with one attached hydrogen (secondary N) is 1. The van der Waals surface area contributed by atoms with Crippen LogP contribution in [0.1, 0.15) is 32.1 Å². The molecule has 0 radical (unpaired) electrons. The van der Waals surface area contributed by atoms with E-state index in [9.17, 15) is 14.0 Å². The summed E-state index contributed by atoms with van der Waals surface area (Å²) in [4.78, 5) is 28.4. The Hall–Kier alpha value is -1.82. The molecule has 2 aliphatic rings. The fraction of sp³-hybridized carbons (Fsp3) is 0.556. The SMILES string of the molecule is O=C(Nc1ccc(Cl)c(F)c1)N1CCN(C(=O)C2CCCCC2)CC1. The van der Waals surface area contributed by atoms with Crippen LogP contribution in [0.5, 0.6) is 0 Å². The average molecular weight is 368 g/mol. The van der Waals surface area contributed by atoms with E-state index >= 15 is 0 Å². The third-order valence-corrected chi connectivity index (χ3v) is 5.31. The summed E-state index contributed by atoms with van der Waals surface area (Å²) in [6.07, 6.45) is 5.47. The summed E-state index contributed by atoms with van der Waals surface area (Å²) in [6, 6.07) is 3.88. The van der Waals surface area contributed by atoms with Gasteiger partial charge in [0.25, 0.3) is 0 Å². The van der Waals surface area contributed by atoms with Gasteiger partial charge in [0.2, 0.25) is 5.91 Å². The first-order valence-electron chi connectivity index (χ1n) is 8.84. The van der Waals surface area contributed by atoms with Crippen molar-refractivity contribution in [3.63, 3.8) is 0 Å². The third kappa shape index (κ3) is 4.42. The number of hydrogen-bond donors (Lipinski definition) is 1. The Morgan fingerprint density at radius 1 is 1.04 bits per heavy atom. The number of piperazine rings is 1. The summed E-state index contributed by atoms with van der Waals surface area (Å²) in [5.41, 5.74) is 0.368. The van der Waals surface area contributed by atoms with Gasteiger partial charge < -0.3 is 15.1 Å². The molecule has 1 aliphatic heterocycles. The van der Waals surface area contributed by atoms with Crippen molar-refractivity contribution in [1.29, 1.82) is 0 Å². The molecule has 1 saturated heterocycles. The molecule has 1 aromatic rings. The van der Waals surface area contributed by atoms with E-state index in [1.165, 1.54) is 18.6 Å². The Labute approximate surface area is 152 Å². The van der Waals surface area contributed by atoms with Crippen LogP contribution in [0.15, 0.2) is 18.2 Å². The van der Waals surface area contributed by atoms with Gasteiger partial charge in [-0.3, -0.25) is 4.79 Å². The van der Waals surface area contributed by atoms with E-state index in [2.05, 4.69) is 5.32 Å². The Kier molecular flexibility index (Phi) is 5.78. The van der Waals surface area contributed by atoms with Crippen molar-refractivity contribution in [1.82, 2.24) is 9.80 Å². The van der Waals surface area contributed by atoms with E-state index in [4.69, 9.17) is 11.6 Å². The molecule has 0 atom stereocenters. The minimum Gasteiger partial charge on any atom is -0.339 e. The largest absolute Gasteiger partial charge is 0.339 e. The van der Waals surface area contributed by atoms with Gasteiger partial charge in [-0.2, -0.15) is 0 Å². The number of carbonyl (C=O) groups excluding carboxylic acids is 2. The molecule has 136 valence electrons. The van der Waals surface area contributed by atoms with E-state index in [1.54, 1.807) is 11.0 Å². The molecule has 1 aromatic carbocycles. The Bertz CT molecular complexity index is 641. The molecule has 25 heavy (non-hydrogen) atoms. The number of rotatable bonds is 2. The number of carbonyl (C=O) groups is 2. The van der Waals surface area contributed by atoms with Gasteiger partial charge in [0.15, 0.2) is 0 Å². The molecule has 2 fully saturated rings. The zero-order valence-electron chi connectivity index (χ0n) is 14.1. The fourth-order valence-corrected chi connectivity index (χ4v) is 3.63. The predicted molar refractivity (Wildman–Crippen MR) is 95.2 cm³/mol. The van der Waals surface area contributed by atoms with Gasteiger partial charge in [-0.15, -0.1) is 0 Å². The highest BCUT2D eigenvalue weighted by Crippen LogP contribution is 2.26. The van der Waals surface area contributed by atoms with Crippen LogP contribution in [0.2, 0.25) is 5.02 Å². The van der Waals surface area contributed by atoms with Gasteiger partial charge in [-0.05, 0) is 31.0 Å². The zero-order valence-corrected chi connectivity index (χ0v) is 14.9. The van der Waals surface area contributed by atoms with Crippen LogP contribution < -0.4 is 5.32 Å². The van der Waals surface area contributed by atoms with Crippen molar-refractivity contribution in [2.24, 2.45) is 5.92 Å². The quantitative estimate of drug-likeness (QED) is 0.865. The van der Waals surface area contributed by atoms with Gasteiger partial charge >= 0.3 is 6.03 Å². The summed E-state index contributed by atoms with van der Waals surface area (Å²) >= 11 is 5.64. The summed E-state index contributed by atoms with van der Waals surface area (Å²) < 4.78 is 13.4. The molecule has 1 heterocycles. The molecule has 0 bridgehead atoms. The van der Waals surface area contributed by atoms with Crippen LogP contribution in [-0.2, 0) is 4.79 Å². The standard InChI is InChI=1S/C18H23ClFN3O2/c19-15-7-6-14(12-16(15)20)21-18(25)23-10-8-22(9-11-23)17(24)13-4-2-1-3-5-13/h6-7,12-13H,1-5,8-11H2,(H,21,25). The van der Waals surface area contributed by atoms with E-state index < -0.39 is 5.82 Å². The molecule has 7 heteroatoms. The van der Waals surface area contributed by atoms with E-state index in [1.807, 2.05) is 4.90 Å². The third-order valence-electron chi connectivity index (χ3n) is 5.00. The fourth-order valence-electron chi connectivity index (χ4n) is 3.51. The van der Waals surface area contributed by atoms with Crippen LogP contribution in [0.3, 0.4) is 0 Å². The maximum atomic E-state index is 13.4. The monoisotopic (exact) mass is 367 g/mol. The van der Waals surface area contributed by atoms with Crippen molar-refractivity contribution >= 4 is 29.2 Å². The topological polar surface area (TPSA) is 52.7 Å². The maximum Gasteiger partial charge on any atom is 0.321 e. The minimum absolute atomic E-state index is 0.0211. The lowest BCUT2D eigenvalue weighted by atomic mass is 9.88. The first kappa shape index (κ1) is 18.0. The van der Waals surface area contributed by atoms with Crippen molar-refractivity contribution < 1.29 is 14.0 Å². The average Bonchev–Trinajstić information content (AvgIpc) is 2.65. The van der Waals surface area contributed by atoms with Crippen molar-refractivity contribution in [3.8, 4) is 0 Å². The molecule has 0 spiro atoms. The zero-order chi connectivity index (χ0) is 17.8. The second-order valence-corrected chi connectivity index (χ2v) is 7.11. The number of amides is 3. The summed E-state index contributed by atoms with van der Waals surface area (Å²) in [5.74, 6) is -0.173. The van der Waals surface area contributed by atoms with Gasteiger partial charge in [-0.1, -0.05) is 30.9 Å². The van der Waals surface area contributed by atoms with Crippen LogP contribution >= 0.6 is 11.6 Å². The van der Waals surface area contributed by atoms with E-state index in [0.717, 1.165) is 25.7 Å². The number of nitrogens with zero attached hydrogens (tertiary/aromatic N) is 2. The molecule has 1 N–H and O–H groups in total. The highest BCUT2D eigenvalue weighted by atomic mass is 35.5. The van der Waals surface area contributed by atoms with E-state index in [0.29, 0.717) is 31.9 Å². The van der Waals surface area contributed by atoms with Crippen molar-refractivity contribution in [3.05, 3.63) is 29.0 Å². The lowest BCUT2D eigenvalue weighted by Gasteiger charge is -2.37. The van der Waals surface area contributed by atoms with Gasteiger partial charge in [0.1, 0.15) is 5.82 Å². The molecular formula is C18H23ClFN3O2. The lowest BCUT2D eigenvalue weighted by Crippen LogP contribution is -2.53. The second kappa shape index (κ2) is 8.04. The molecular weight excluding hydrogens is 345 g/mol. The molecule has 1 saturated carbocycles. The Morgan fingerprint density at radius 2 is 1.68 bits per heavy atom. The highest BCUT2D eigenvalue weighted by molar-refractivity contribution is 6.30. The Balaban J connectivity index is 1.50. The molecule has 1 aliphatic carbocycles. The van der Waals surface area contributed by atoms with Gasteiger partial charge in [0, 0.05) is 37.8 Å². The van der Waals surface area contributed by atoms with Gasteiger partial charge in [0.05, 0.1) is 5.02 Å². The molecule has 5 nitrogen and oxygen atoms in total. The smallest absolute Gasteiger partial charge is 0.321 e. The van der Waals surface area contributed by atoms with Crippen LogP contribution in [0, 0.1) is 11.7 Å². The number of anilines is 1. The van der Waals surface area contributed by atoms with Crippen LogP contribution in [-0.4, -0.2) is 47.9 Å². The van der Waals surface area contributed by atoms with E-state index in [-0.39, 0.29) is 22.9 Å². The lowest BCUT2D eigenvalue weighted by molar-refractivity contribution is -0.138. The Morgan fingerprint density at radius 3 is 2.32 bits per heavy atom. The van der Waals surface area contributed by atoms with Crippen molar-refractivity contribution in [2.45, 2.75) is 32.1 Å². The number of halogens is 2. The first-order valence-corrected chi connectivity index (χ1v) is 9.22. The second-order valence-electron chi connectivity index (χ2n) is 6.71. The summed E-state index contributed by atoms with van der Waals surface area (Å²) in [5, 5.41) is 2.69. The molecule has 0 unspecified atom stereocenters. The van der Waals surface area contributed by atoms with Crippen LogP contribution in [0.4, 0.5) is 14.9 Å². The summed E-state index contributed by atoms with van der Waals surface area (Å²) in [7, 11) is 0. The number of urea groups is 1. The van der Waals surface area contributed by atoms with Gasteiger partial charge in [-0.25, -0.2) is 9.18 Å².